The third-order valence-electron chi connectivity index (χ3n) is 4.74. The number of phenols is 1. The summed E-state index contributed by atoms with van der Waals surface area (Å²) in [5, 5.41) is 9.33. The second-order valence-corrected chi connectivity index (χ2v) is 10.3. The van der Waals surface area contributed by atoms with Crippen LogP contribution in [0.3, 0.4) is 0 Å². The van der Waals surface area contributed by atoms with Crippen molar-refractivity contribution in [1.29, 1.82) is 0 Å². The van der Waals surface area contributed by atoms with Crippen molar-refractivity contribution in [2.24, 2.45) is 0 Å². The highest BCUT2D eigenvalue weighted by molar-refractivity contribution is 7.89. The minimum absolute atomic E-state index is 0.0104. The maximum absolute atomic E-state index is 12.9. The molecule has 174 valence electrons. The number of nitrogens with zero attached hydrogens (tertiary/aromatic N) is 3. The normalized spacial score (nSPS) is 12.4. The first-order chi connectivity index (χ1) is 16.2. The average molecular weight is 499 g/mol. The van der Waals surface area contributed by atoms with Gasteiger partial charge in [0.2, 0.25) is 10.0 Å². The number of nitrogens with one attached hydrogen (secondary N) is 1. The Kier molecular flexibility index (Phi) is 6.63. The van der Waals surface area contributed by atoms with Gasteiger partial charge in [-0.1, -0.05) is 42.5 Å². The average Bonchev–Trinajstić information content (AvgIpc) is 2.80. The molecule has 0 bridgehead atoms. The molecule has 10 nitrogen and oxygen atoms in total. The number of carbonyl (C=O) groups is 1. The van der Waals surface area contributed by atoms with E-state index in [1.54, 1.807) is 42.5 Å². The largest absolute Gasteiger partial charge is 0.592 e. The summed E-state index contributed by atoms with van der Waals surface area (Å²) in [7, 11) is -4.01. The molecule has 34 heavy (non-hydrogen) atoms. The number of carbonyl (C=O) groups excluding carboxylic acids is 1. The molecule has 1 atom stereocenters. The molecule has 1 amide bonds. The molecule has 2 N–H and O–H groups in total. The molecule has 1 unspecified atom stereocenters. The van der Waals surface area contributed by atoms with Crippen LogP contribution in [0.4, 0.5) is 0 Å². The third kappa shape index (κ3) is 5.42. The summed E-state index contributed by atoms with van der Waals surface area (Å²) >= 11 is -1.82. The van der Waals surface area contributed by atoms with Gasteiger partial charge in [-0.25, -0.2) is 23.1 Å². The van der Waals surface area contributed by atoms with Gasteiger partial charge in [-0.05, 0) is 23.8 Å². The van der Waals surface area contributed by atoms with Crippen LogP contribution >= 0.6 is 0 Å². The van der Waals surface area contributed by atoms with E-state index in [1.807, 2.05) is 4.72 Å². The minimum atomic E-state index is -4.01. The lowest BCUT2D eigenvalue weighted by molar-refractivity contribution is 0.0976. The molecular formula is C22H18N4O6S2. The van der Waals surface area contributed by atoms with E-state index in [2.05, 4.69) is 9.97 Å². The molecule has 0 radical (unpaired) electrons. The lowest BCUT2D eigenvalue weighted by atomic mass is 10.2. The van der Waals surface area contributed by atoms with Gasteiger partial charge in [-0.15, -0.1) is 3.97 Å². The number of pyridine rings is 1. The number of sulfonamides is 1. The zero-order chi connectivity index (χ0) is 24.3. The summed E-state index contributed by atoms with van der Waals surface area (Å²) in [5.41, 5.74) is 0.307. The number of aromatic hydroxyl groups is 1. The van der Waals surface area contributed by atoms with E-state index in [-0.39, 0.29) is 28.1 Å². The number of aromatic nitrogens is 3. The van der Waals surface area contributed by atoms with E-state index < -0.39 is 38.6 Å². The quantitative estimate of drug-likeness (QED) is 0.363. The molecule has 0 saturated carbocycles. The standard InChI is InChI=1S/C22H18N4O6S2/c27-17-8-6-15(7-9-17)12-33(30)26-14-24-20-11-23-19(10-18(20)22(26)29)21(28)25-34(31,32)13-16-4-2-1-3-5-16/h1-11,14,27H,12-13H2,(H,25,28). The Labute approximate surface area is 197 Å². The molecule has 12 heteroatoms. The van der Waals surface area contributed by atoms with Crippen LogP contribution in [0.5, 0.6) is 5.75 Å². The summed E-state index contributed by atoms with van der Waals surface area (Å²) in [6.07, 6.45) is 2.29. The first kappa shape index (κ1) is 23.4. The predicted octanol–water partition coefficient (Wildman–Crippen LogP) is 1.47. The van der Waals surface area contributed by atoms with Crippen LogP contribution in [0.15, 0.2) is 78.0 Å². The van der Waals surface area contributed by atoms with Crippen LogP contribution in [-0.4, -0.2) is 37.9 Å². The highest BCUT2D eigenvalue weighted by Crippen LogP contribution is 2.14. The van der Waals surface area contributed by atoms with Gasteiger partial charge >= 0.3 is 5.56 Å². The maximum atomic E-state index is 12.9. The monoisotopic (exact) mass is 498 g/mol. The van der Waals surface area contributed by atoms with Gasteiger partial charge < -0.3 is 9.66 Å². The van der Waals surface area contributed by atoms with Crippen molar-refractivity contribution in [1.82, 2.24) is 18.7 Å². The molecule has 4 rings (SSSR count). The van der Waals surface area contributed by atoms with E-state index in [0.717, 1.165) is 16.4 Å². The van der Waals surface area contributed by atoms with E-state index in [1.165, 1.54) is 18.3 Å². The Balaban J connectivity index is 1.57. The second kappa shape index (κ2) is 9.63. The first-order valence-electron chi connectivity index (χ1n) is 9.85. The van der Waals surface area contributed by atoms with Gasteiger partial charge in [0.05, 0.1) is 34.2 Å². The Bertz CT molecular complexity index is 1510. The number of hydrogen-bond acceptors (Lipinski definition) is 8. The number of benzene rings is 2. The Morgan fingerprint density at radius 2 is 1.76 bits per heavy atom. The first-order valence-corrected chi connectivity index (χ1v) is 12.8. The summed E-state index contributed by atoms with van der Waals surface area (Å²) in [6, 6.07) is 15.5. The molecule has 0 aliphatic heterocycles. The topological polar surface area (TPSA) is 154 Å². The molecular weight excluding hydrogens is 480 g/mol. The Morgan fingerprint density at radius 1 is 1.06 bits per heavy atom. The van der Waals surface area contributed by atoms with Crippen molar-refractivity contribution >= 4 is 38.2 Å². The highest BCUT2D eigenvalue weighted by Gasteiger charge is 2.21. The SMILES string of the molecule is O=C(NS(=O)(=O)Cc1ccccc1)c1cc2c(=O)n([S+]([O-])Cc3ccc(O)cc3)cnc2cn1. The van der Waals surface area contributed by atoms with Crippen molar-refractivity contribution in [3.8, 4) is 5.75 Å². The maximum Gasteiger partial charge on any atom is 0.303 e. The van der Waals surface area contributed by atoms with Gasteiger partial charge in [0.25, 0.3) is 5.91 Å². The second-order valence-electron chi connectivity index (χ2n) is 7.27. The zero-order valence-corrected chi connectivity index (χ0v) is 19.1. The summed E-state index contributed by atoms with van der Waals surface area (Å²) in [5.74, 6) is -1.36. The lowest BCUT2D eigenvalue weighted by Crippen LogP contribution is -2.33. The van der Waals surface area contributed by atoms with Gasteiger partial charge in [0.15, 0.2) is 5.75 Å². The van der Waals surface area contributed by atoms with Crippen LogP contribution in [0.1, 0.15) is 21.6 Å². The molecule has 2 aromatic heterocycles. The number of hydrogen-bond donors (Lipinski definition) is 2. The smallest absolute Gasteiger partial charge is 0.303 e. The van der Waals surface area contributed by atoms with Crippen LogP contribution < -0.4 is 10.3 Å². The molecule has 0 aliphatic carbocycles. The van der Waals surface area contributed by atoms with Crippen LogP contribution in [0.2, 0.25) is 0 Å². The van der Waals surface area contributed by atoms with Gasteiger partial charge in [0, 0.05) is 5.56 Å². The molecule has 2 heterocycles. The van der Waals surface area contributed by atoms with Crippen molar-refractivity contribution in [3.05, 3.63) is 100 Å². The molecule has 2 aromatic carbocycles. The van der Waals surface area contributed by atoms with E-state index >= 15 is 0 Å². The van der Waals surface area contributed by atoms with Gasteiger partial charge in [0.1, 0.15) is 17.8 Å². The molecule has 0 aliphatic rings. The molecule has 4 aromatic rings. The van der Waals surface area contributed by atoms with Crippen molar-refractivity contribution in [2.45, 2.75) is 11.5 Å². The summed E-state index contributed by atoms with van der Waals surface area (Å²) < 4.78 is 40.3. The highest BCUT2D eigenvalue weighted by atomic mass is 32.2. The fourth-order valence-electron chi connectivity index (χ4n) is 3.10. The van der Waals surface area contributed by atoms with E-state index in [0.29, 0.717) is 11.1 Å². The van der Waals surface area contributed by atoms with Gasteiger partial charge in [-0.3, -0.25) is 9.59 Å². The summed E-state index contributed by atoms with van der Waals surface area (Å²) in [6.45, 7) is 0. The molecule has 0 spiro atoms. The van der Waals surface area contributed by atoms with Crippen molar-refractivity contribution in [3.63, 3.8) is 0 Å². The number of phenolic OH excluding ortho intramolecular Hbond substituents is 1. The number of fused-ring (bicyclic) bond motifs is 1. The van der Waals surface area contributed by atoms with E-state index in [9.17, 15) is 27.7 Å². The third-order valence-corrected chi connectivity index (χ3v) is 7.23. The predicted molar refractivity (Wildman–Crippen MR) is 126 cm³/mol. The zero-order valence-electron chi connectivity index (χ0n) is 17.5. The van der Waals surface area contributed by atoms with Gasteiger partial charge in [-0.2, -0.15) is 0 Å². The Morgan fingerprint density at radius 3 is 2.47 bits per heavy atom. The van der Waals surface area contributed by atoms with Crippen molar-refractivity contribution in [2.75, 3.05) is 0 Å². The van der Waals surface area contributed by atoms with Crippen molar-refractivity contribution < 1.29 is 22.9 Å². The van der Waals surface area contributed by atoms with Crippen LogP contribution in [-0.2, 0) is 32.9 Å². The number of rotatable bonds is 7. The van der Waals surface area contributed by atoms with Crippen LogP contribution in [0.25, 0.3) is 10.9 Å². The van der Waals surface area contributed by atoms with Crippen LogP contribution in [0, 0.1) is 0 Å². The fourth-order valence-corrected chi connectivity index (χ4v) is 5.25. The molecule has 0 saturated heterocycles. The lowest BCUT2D eigenvalue weighted by Gasteiger charge is -2.12. The summed E-state index contributed by atoms with van der Waals surface area (Å²) in [4.78, 5) is 33.4. The molecule has 0 fully saturated rings. The number of amides is 1. The Hall–Kier alpha value is -3.74. The minimum Gasteiger partial charge on any atom is -0.592 e. The van der Waals surface area contributed by atoms with E-state index in [4.69, 9.17) is 0 Å². The fraction of sp³-hybridized carbons (Fsp3) is 0.0909.